The summed E-state index contributed by atoms with van der Waals surface area (Å²) in [5.41, 5.74) is 1.33. The summed E-state index contributed by atoms with van der Waals surface area (Å²) in [7, 11) is 0. The first kappa shape index (κ1) is 12.4. The Kier molecular flexibility index (Phi) is 4.37. The molecule has 1 aliphatic rings. The molecule has 1 N–H and O–H groups in total. The summed E-state index contributed by atoms with van der Waals surface area (Å²) in [6, 6.07) is 4.32. The highest BCUT2D eigenvalue weighted by molar-refractivity contribution is 5.41. The van der Waals surface area contributed by atoms with E-state index >= 15 is 0 Å². The molecule has 3 nitrogen and oxygen atoms in total. The van der Waals surface area contributed by atoms with Crippen molar-refractivity contribution >= 4 is 5.82 Å². The van der Waals surface area contributed by atoms with E-state index in [2.05, 4.69) is 41.2 Å². The van der Waals surface area contributed by atoms with Crippen LogP contribution < -0.4 is 10.2 Å². The van der Waals surface area contributed by atoms with Crippen molar-refractivity contribution < 1.29 is 0 Å². The number of nitrogens with one attached hydrogen (secondary N) is 1. The molecule has 1 aromatic heterocycles. The number of hydrogen-bond acceptors (Lipinski definition) is 3. The van der Waals surface area contributed by atoms with Crippen molar-refractivity contribution in [2.75, 3.05) is 24.5 Å². The molecular formula is C14H23N3. The zero-order valence-corrected chi connectivity index (χ0v) is 10.9. The van der Waals surface area contributed by atoms with E-state index in [1.807, 2.05) is 6.20 Å². The Bertz CT molecular complexity index is 351. The number of hydrogen-bond donors (Lipinski definition) is 1. The third-order valence-corrected chi connectivity index (χ3v) is 3.37. The number of nitrogens with zero attached hydrogens (tertiary/aromatic N) is 2. The van der Waals surface area contributed by atoms with Gasteiger partial charge in [-0.25, -0.2) is 4.98 Å². The van der Waals surface area contributed by atoms with Gasteiger partial charge in [0.1, 0.15) is 5.82 Å². The summed E-state index contributed by atoms with van der Waals surface area (Å²) in [6.07, 6.45) is 4.58. The summed E-state index contributed by atoms with van der Waals surface area (Å²) >= 11 is 0. The van der Waals surface area contributed by atoms with Gasteiger partial charge in [-0.2, -0.15) is 0 Å². The van der Waals surface area contributed by atoms with Gasteiger partial charge in [-0.15, -0.1) is 0 Å². The van der Waals surface area contributed by atoms with E-state index in [1.54, 1.807) is 0 Å². The second kappa shape index (κ2) is 6.01. The van der Waals surface area contributed by atoms with Crippen molar-refractivity contribution in [2.24, 2.45) is 5.92 Å². The Morgan fingerprint density at radius 2 is 2.41 bits per heavy atom. The number of piperidine rings is 1. The molecule has 1 atom stereocenters. The molecule has 3 heteroatoms. The van der Waals surface area contributed by atoms with Crippen molar-refractivity contribution in [3.05, 3.63) is 23.9 Å². The Labute approximate surface area is 104 Å². The fourth-order valence-corrected chi connectivity index (χ4v) is 2.41. The lowest BCUT2D eigenvalue weighted by molar-refractivity contribution is 0.444. The number of anilines is 1. The quantitative estimate of drug-likeness (QED) is 0.865. The van der Waals surface area contributed by atoms with Gasteiger partial charge in [-0.1, -0.05) is 13.8 Å². The maximum atomic E-state index is 4.50. The van der Waals surface area contributed by atoms with Gasteiger partial charge in [0.05, 0.1) is 0 Å². The molecule has 1 saturated heterocycles. The number of aromatic nitrogens is 1. The van der Waals surface area contributed by atoms with Gasteiger partial charge in [0, 0.05) is 25.8 Å². The largest absolute Gasteiger partial charge is 0.356 e. The van der Waals surface area contributed by atoms with Crippen molar-refractivity contribution in [1.82, 2.24) is 10.3 Å². The normalized spacial score (nSPS) is 20.6. The van der Waals surface area contributed by atoms with E-state index in [9.17, 15) is 0 Å². The maximum absolute atomic E-state index is 4.50. The van der Waals surface area contributed by atoms with Gasteiger partial charge < -0.3 is 10.2 Å². The van der Waals surface area contributed by atoms with Crippen molar-refractivity contribution in [2.45, 2.75) is 33.2 Å². The van der Waals surface area contributed by atoms with E-state index in [0.29, 0.717) is 0 Å². The van der Waals surface area contributed by atoms with Crippen LogP contribution in [0.15, 0.2) is 18.3 Å². The first-order chi connectivity index (χ1) is 8.29. The Balaban J connectivity index is 2.04. The van der Waals surface area contributed by atoms with Crippen LogP contribution in [0.5, 0.6) is 0 Å². The van der Waals surface area contributed by atoms with Gasteiger partial charge in [-0.05, 0) is 43.0 Å². The molecule has 0 spiro atoms. The van der Waals surface area contributed by atoms with Gasteiger partial charge >= 0.3 is 0 Å². The highest BCUT2D eigenvalue weighted by atomic mass is 15.2. The lowest BCUT2D eigenvalue weighted by Gasteiger charge is -2.32. The van der Waals surface area contributed by atoms with Crippen molar-refractivity contribution in [3.63, 3.8) is 0 Å². The third kappa shape index (κ3) is 3.43. The van der Waals surface area contributed by atoms with Crippen LogP contribution >= 0.6 is 0 Å². The third-order valence-electron chi connectivity index (χ3n) is 3.37. The molecular weight excluding hydrogens is 210 g/mol. The molecule has 1 unspecified atom stereocenters. The molecule has 1 fully saturated rings. The summed E-state index contributed by atoms with van der Waals surface area (Å²) in [6.45, 7) is 8.72. The number of rotatable bonds is 4. The Morgan fingerprint density at radius 1 is 1.53 bits per heavy atom. The van der Waals surface area contributed by atoms with Gasteiger partial charge in [0.25, 0.3) is 0 Å². The highest BCUT2D eigenvalue weighted by Crippen LogP contribution is 2.21. The SMILES string of the molecule is CCNCc1ccnc(N2CCCC(C)C2)c1. The predicted molar refractivity (Wildman–Crippen MR) is 72.2 cm³/mol. The summed E-state index contributed by atoms with van der Waals surface area (Å²) in [5.74, 6) is 1.94. The minimum absolute atomic E-state index is 0.794. The minimum Gasteiger partial charge on any atom is -0.356 e. The first-order valence-corrected chi connectivity index (χ1v) is 6.70. The molecule has 1 aromatic rings. The first-order valence-electron chi connectivity index (χ1n) is 6.70. The van der Waals surface area contributed by atoms with Crippen LogP contribution in [0.3, 0.4) is 0 Å². The minimum atomic E-state index is 0.794. The molecule has 0 saturated carbocycles. The lowest BCUT2D eigenvalue weighted by Crippen LogP contribution is -2.34. The molecule has 1 aliphatic heterocycles. The Morgan fingerprint density at radius 3 is 3.18 bits per heavy atom. The zero-order valence-electron chi connectivity index (χ0n) is 10.9. The summed E-state index contributed by atoms with van der Waals surface area (Å²) in [5, 5.41) is 3.36. The standard InChI is InChI=1S/C14H23N3/c1-3-15-10-13-6-7-16-14(9-13)17-8-4-5-12(2)11-17/h6-7,9,12,15H,3-5,8,10-11H2,1-2H3. The van der Waals surface area contributed by atoms with E-state index < -0.39 is 0 Å². The average molecular weight is 233 g/mol. The van der Waals surface area contributed by atoms with Crippen LogP contribution in [0.1, 0.15) is 32.3 Å². The van der Waals surface area contributed by atoms with E-state index in [0.717, 1.165) is 37.9 Å². The summed E-state index contributed by atoms with van der Waals surface area (Å²) < 4.78 is 0. The van der Waals surface area contributed by atoms with Gasteiger partial charge in [-0.3, -0.25) is 0 Å². The van der Waals surface area contributed by atoms with Crippen LogP contribution in [-0.4, -0.2) is 24.6 Å². The second-order valence-corrected chi connectivity index (χ2v) is 5.00. The van der Waals surface area contributed by atoms with Crippen LogP contribution in [0.2, 0.25) is 0 Å². The second-order valence-electron chi connectivity index (χ2n) is 5.00. The smallest absolute Gasteiger partial charge is 0.128 e. The van der Waals surface area contributed by atoms with Gasteiger partial charge in [0.15, 0.2) is 0 Å². The summed E-state index contributed by atoms with van der Waals surface area (Å²) in [4.78, 5) is 6.92. The van der Waals surface area contributed by atoms with Crippen LogP contribution in [0.25, 0.3) is 0 Å². The zero-order chi connectivity index (χ0) is 12.1. The average Bonchev–Trinajstić information content (AvgIpc) is 2.37. The van der Waals surface area contributed by atoms with Crippen molar-refractivity contribution in [3.8, 4) is 0 Å². The van der Waals surface area contributed by atoms with Gasteiger partial charge in [0.2, 0.25) is 0 Å². The van der Waals surface area contributed by atoms with Crippen LogP contribution in [-0.2, 0) is 6.54 Å². The molecule has 94 valence electrons. The highest BCUT2D eigenvalue weighted by Gasteiger charge is 2.17. The van der Waals surface area contributed by atoms with E-state index in [-0.39, 0.29) is 0 Å². The maximum Gasteiger partial charge on any atom is 0.128 e. The lowest BCUT2D eigenvalue weighted by atomic mass is 10.0. The predicted octanol–water partition coefficient (Wildman–Crippen LogP) is 2.43. The Hall–Kier alpha value is -1.09. The van der Waals surface area contributed by atoms with E-state index in [1.165, 1.54) is 18.4 Å². The van der Waals surface area contributed by atoms with E-state index in [4.69, 9.17) is 0 Å². The topological polar surface area (TPSA) is 28.2 Å². The fraction of sp³-hybridized carbons (Fsp3) is 0.643. The molecule has 0 aliphatic carbocycles. The monoisotopic (exact) mass is 233 g/mol. The molecule has 0 bridgehead atoms. The van der Waals surface area contributed by atoms with Crippen molar-refractivity contribution in [1.29, 1.82) is 0 Å². The molecule has 0 aromatic carbocycles. The van der Waals surface area contributed by atoms with Crippen LogP contribution in [0, 0.1) is 5.92 Å². The molecule has 17 heavy (non-hydrogen) atoms. The molecule has 0 amide bonds. The molecule has 2 rings (SSSR count). The fourth-order valence-electron chi connectivity index (χ4n) is 2.41. The molecule has 0 radical (unpaired) electrons. The molecule has 2 heterocycles. The number of pyridine rings is 1. The van der Waals surface area contributed by atoms with Crippen LogP contribution in [0.4, 0.5) is 5.82 Å².